The lowest BCUT2D eigenvalue weighted by atomic mass is 10.1. The van der Waals surface area contributed by atoms with Crippen LogP contribution in [0.3, 0.4) is 0 Å². The van der Waals surface area contributed by atoms with Crippen molar-refractivity contribution in [2.24, 2.45) is 0 Å². The standard InChI is InChI=1S/C7H15NO/c1-3-5-7(4-2)8-6-9/h6-7H,3-5H2,1-2H3,(H,8,9). The lowest BCUT2D eigenvalue weighted by molar-refractivity contribution is -0.110. The predicted octanol–water partition coefficient (Wildman–Crippen LogP) is 1.31. The summed E-state index contributed by atoms with van der Waals surface area (Å²) in [6, 6.07) is 0.396. The van der Waals surface area contributed by atoms with Crippen molar-refractivity contribution in [1.29, 1.82) is 0 Å². The molecular weight excluding hydrogens is 114 g/mol. The Morgan fingerprint density at radius 3 is 2.56 bits per heavy atom. The van der Waals surface area contributed by atoms with Crippen LogP contribution in [0.2, 0.25) is 0 Å². The van der Waals surface area contributed by atoms with E-state index in [1.165, 1.54) is 0 Å². The highest BCUT2D eigenvalue weighted by atomic mass is 16.1. The zero-order valence-corrected chi connectivity index (χ0v) is 6.18. The first-order chi connectivity index (χ1) is 4.35. The second-order valence-electron chi connectivity index (χ2n) is 2.18. The van der Waals surface area contributed by atoms with Crippen molar-refractivity contribution in [3.63, 3.8) is 0 Å². The minimum atomic E-state index is 0.396. The quantitative estimate of drug-likeness (QED) is 0.557. The molecule has 0 rings (SSSR count). The molecule has 0 aromatic rings. The van der Waals surface area contributed by atoms with Gasteiger partial charge in [-0.25, -0.2) is 0 Å². The van der Waals surface area contributed by atoms with Crippen LogP contribution in [0.4, 0.5) is 0 Å². The molecule has 0 aliphatic carbocycles. The van der Waals surface area contributed by atoms with Gasteiger partial charge in [-0.3, -0.25) is 4.79 Å². The van der Waals surface area contributed by atoms with Crippen LogP contribution < -0.4 is 5.32 Å². The highest BCUT2D eigenvalue weighted by Crippen LogP contribution is 1.98. The molecule has 1 unspecified atom stereocenters. The van der Waals surface area contributed by atoms with Gasteiger partial charge in [0.2, 0.25) is 6.41 Å². The zero-order chi connectivity index (χ0) is 7.11. The SMILES string of the molecule is CCCC(CC)NC=O. The Hall–Kier alpha value is -0.530. The van der Waals surface area contributed by atoms with Gasteiger partial charge in [-0.2, -0.15) is 0 Å². The van der Waals surface area contributed by atoms with E-state index >= 15 is 0 Å². The van der Waals surface area contributed by atoms with Crippen LogP contribution in [0, 0.1) is 0 Å². The number of carbonyl (C=O) groups excluding carboxylic acids is 1. The first-order valence-corrected chi connectivity index (χ1v) is 3.54. The maximum Gasteiger partial charge on any atom is 0.207 e. The molecule has 0 radical (unpaired) electrons. The third kappa shape index (κ3) is 4.01. The van der Waals surface area contributed by atoms with Crippen LogP contribution in [0.5, 0.6) is 0 Å². The second kappa shape index (κ2) is 5.60. The summed E-state index contributed by atoms with van der Waals surface area (Å²) in [7, 11) is 0. The summed E-state index contributed by atoms with van der Waals surface area (Å²) >= 11 is 0. The van der Waals surface area contributed by atoms with Crippen LogP contribution in [-0.4, -0.2) is 12.5 Å². The molecule has 0 saturated carbocycles. The van der Waals surface area contributed by atoms with Gasteiger partial charge < -0.3 is 5.32 Å². The minimum absolute atomic E-state index is 0.396. The van der Waals surface area contributed by atoms with E-state index in [1.807, 2.05) is 0 Å². The third-order valence-electron chi connectivity index (χ3n) is 1.43. The number of hydrogen-bond donors (Lipinski definition) is 1. The highest BCUT2D eigenvalue weighted by molar-refractivity contribution is 5.46. The third-order valence-corrected chi connectivity index (χ3v) is 1.43. The molecule has 0 bridgehead atoms. The molecule has 0 aromatic heterocycles. The second-order valence-corrected chi connectivity index (χ2v) is 2.18. The van der Waals surface area contributed by atoms with Gasteiger partial charge in [0.15, 0.2) is 0 Å². The molecule has 0 saturated heterocycles. The molecule has 0 spiro atoms. The van der Waals surface area contributed by atoms with E-state index in [4.69, 9.17) is 0 Å². The summed E-state index contributed by atoms with van der Waals surface area (Å²) in [4.78, 5) is 9.94. The van der Waals surface area contributed by atoms with E-state index in [-0.39, 0.29) is 0 Å². The van der Waals surface area contributed by atoms with Gasteiger partial charge in [-0.15, -0.1) is 0 Å². The molecule has 9 heavy (non-hydrogen) atoms. The van der Waals surface area contributed by atoms with E-state index in [2.05, 4.69) is 19.2 Å². The Balaban J connectivity index is 3.28. The molecule has 2 heteroatoms. The predicted molar refractivity (Wildman–Crippen MR) is 38.2 cm³/mol. The number of amides is 1. The van der Waals surface area contributed by atoms with Crippen LogP contribution in [0.1, 0.15) is 33.1 Å². The number of carbonyl (C=O) groups is 1. The largest absolute Gasteiger partial charge is 0.356 e. The number of nitrogens with one attached hydrogen (secondary N) is 1. The topological polar surface area (TPSA) is 29.1 Å². The first kappa shape index (κ1) is 8.47. The van der Waals surface area contributed by atoms with Gasteiger partial charge in [0.05, 0.1) is 0 Å². The number of hydrogen-bond acceptors (Lipinski definition) is 1. The Bertz CT molecular complexity index is 73.3. The zero-order valence-electron chi connectivity index (χ0n) is 6.18. The van der Waals surface area contributed by atoms with Gasteiger partial charge in [0.1, 0.15) is 0 Å². The smallest absolute Gasteiger partial charge is 0.207 e. The monoisotopic (exact) mass is 129 g/mol. The Kier molecular flexibility index (Phi) is 5.27. The average Bonchev–Trinajstić information content (AvgIpc) is 1.88. The Morgan fingerprint density at radius 1 is 1.56 bits per heavy atom. The van der Waals surface area contributed by atoms with E-state index in [1.54, 1.807) is 0 Å². The van der Waals surface area contributed by atoms with Crippen LogP contribution in [0.15, 0.2) is 0 Å². The molecule has 0 heterocycles. The lowest BCUT2D eigenvalue weighted by Gasteiger charge is -2.10. The van der Waals surface area contributed by atoms with Crippen LogP contribution in [0.25, 0.3) is 0 Å². The molecule has 2 nitrogen and oxygen atoms in total. The maximum atomic E-state index is 9.94. The van der Waals surface area contributed by atoms with Gasteiger partial charge >= 0.3 is 0 Å². The summed E-state index contributed by atoms with van der Waals surface area (Å²) in [5, 5.41) is 2.75. The van der Waals surface area contributed by atoms with Crippen molar-refractivity contribution in [2.45, 2.75) is 39.2 Å². The molecule has 1 amide bonds. The summed E-state index contributed by atoms with van der Waals surface area (Å²) in [5.74, 6) is 0. The van der Waals surface area contributed by atoms with E-state index in [0.29, 0.717) is 6.04 Å². The molecule has 1 N–H and O–H groups in total. The fraction of sp³-hybridized carbons (Fsp3) is 0.857. The fourth-order valence-electron chi connectivity index (χ4n) is 0.850. The summed E-state index contributed by atoms with van der Waals surface area (Å²) in [5.41, 5.74) is 0. The van der Waals surface area contributed by atoms with E-state index < -0.39 is 0 Å². The summed E-state index contributed by atoms with van der Waals surface area (Å²) in [6.07, 6.45) is 4.05. The molecule has 0 aromatic carbocycles. The van der Waals surface area contributed by atoms with Crippen LogP contribution in [-0.2, 0) is 4.79 Å². The van der Waals surface area contributed by atoms with Crippen molar-refractivity contribution in [2.75, 3.05) is 0 Å². The average molecular weight is 129 g/mol. The van der Waals surface area contributed by atoms with Crippen molar-refractivity contribution < 1.29 is 4.79 Å². The van der Waals surface area contributed by atoms with Gasteiger partial charge in [-0.05, 0) is 12.8 Å². The van der Waals surface area contributed by atoms with E-state index in [0.717, 1.165) is 25.7 Å². The first-order valence-electron chi connectivity index (χ1n) is 3.54. The van der Waals surface area contributed by atoms with Crippen molar-refractivity contribution in [1.82, 2.24) is 5.32 Å². The number of rotatable bonds is 5. The van der Waals surface area contributed by atoms with Crippen molar-refractivity contribution in [3.8, 4) is 0 Å². The molecule has 0 aliphatic rings. The molecule has 54 valence electrons. The Labute approximate surface area is 56.6 Å². The van der Waals surface area contributed by atoms with Crippen molar-refractivity contribution in [3.05, 3.63) is 0 Å². The fourth-order valence-corrected chi connectivity index (χ4v) is 0.850. The van der Waals surface area contributed by atoms with Gasteiger partial charge in [-0.1, -0.05) is 20.3 Å². The normalized spacial score (nSPS) is 12.7. The maximum absolute atomic E-state index is 9.94. The molecular formula is C7H15NO. The van der Waals surface area contributed by atoms with Crippen LogP contribution >= 0.6 is 0 Å². The molecule has 1 atom stereocenters. The van der Waals surface area contributed by atoms with Gasteiger partial charge in [0.25, 0.3) is 0 Å². The Morgan fingerprint density at radius 2 is 2.22 bits per heavy atom. The van der Waals surface area contributed by atoms with E-state index in [9.17, 15) is 4.79 Å². The highest BCUT2D eigenvalue weighted by Gasteiger charge is 1.99. The minimum Gasteiger partial charge on any atom is -0.356 e. The molecule has 0 fully saturated rings. The summed E-state index contributed by atoms with van der Waals surface area (Å²) in [6.45, 7) is 4.20. The molecule has 0 aliphatic heterocycles. The summed E-state index contributed by atoms with van der Waals surface area (Å²) < 4.78 is 0. The lowest BCUT2D eigenvalue weighted by Crippen LogP contribution is -2.26. The van der Waals surface area contributed by atoms with Gasteiger partial charge in [0, 0.05) is 6.04 Å². The van der Waals surface area contributed by atoms with Crippen molar-refractivity contribution >= 4 is 6.41 Å².